The Morgan fingerprint density at radius 2 is 1.93 bits per heavy atom. The molecule has 3 heteroatoms. The van der Waals surface area contributed by atoms with Gasteiger partial charge in [0.05, 0.1) is 12.2 Å². The van der Waals surface area contributed by atoms with Crippen LogP contribution in [0.3, 0.4) is 0 Å². The third-order valence-electron chi connectivity index (χ3n) is 2.21. The maximum Gasteiger partial charge on any atom is 0.334 e. The van der Waals surface area contributed by atoms with E-state index in [2.05, 4.69) is 0 Å². The smallest absolute Gasteiger partial charge is 0.334 e. The van der Waals surface area contributed by atoms with Crippen molar-refractivity contribution in [3.05, 3.63) is 41.5 Å². The fraction of sp³-hybridized carbons (Fsp3) is 0.250. The van der Waals surface area contributed by atoms with E-state index < -0.39 is 5.97 Å². The van der Waals surface area contributed by atoms with Crippen LogP contribution in [0.4, 0.5) is 0 Å². The SMILES string of the molecule is COCC(C(=O)O)=C(C)c1ccccc1. The summed E-state index contributed by atoms with van der Waals surface area (Å²) in [6, 6.07) is 9.42. The molecule has 0 aromatic heterocycles. The molecule has 3 nitrogen and oxygen atoms in total. The normalized spacial score (nSPS) is 12.1. The van der Waals surface area contributed by atoms with Crippen LogP contribution in [0.15, 0.2) is 35.9 Å². The predicted molar refractivity (Wildman–Crippen MR) is 58.5 cm³/mol. The van der Waals surface area contributed by atoms with E-state index in [1.54, 1.807) is 6.92 Å². The molecule has 0 saturated heterocycles. The van der Waals surface area contributed by atoms with Crippen molar-refractivity contribution in [1.29, 1.82) is 0 Å². The van der Waals surface area contributed by atoms with Crippen molar-refractivity contribution in [2.45, 2.75) is 6.92 Å². The van der Waals surface area contributed by atoms with Gasteiger partial charge in [0.15, 0.2) is 0 Å². The van der Waals surface area contributed by atoms with E-state index in [9.17, 15) is 4.79 Å². The van der Waals surface area contributed by atoms with Gasteiger partial charge in [0.1, 0.15) is 0 Å². The van der Waals surface area contributed by atoms with Gasteiger partial charge in [0, 0.05) is 7.11 Å². The number of carboxylic acid groups (broad SMARTS) is 1. The van der Waals surface area contributed by atoms with Crippen molar-refractivity contribution in [3.8, 4) is 0 Å². The molecule has 80 valence electrons. The van der Waals surface area contributed by atoms with Gasteiger partial charge in [0.25, 0.3) is 0 Å². The molecule has 1 aromatic rings. The topological polar surface area (TPSA) is 46.5 Å². The van der Waals surface area contributed by atoms with Crippen molar-refractivity contribution < 1.29 is 14.6 Å². The quantitative estimate of drug-likeness (QED) is 0.768. The second kappa shape index (κ2) is 5.32. The zero-order valence-electron chi connectivity index (χ0n) is 8.86. The van der Waals surface area contributed by atoms with Gasteiger partial charge in [-0.3, -0.25) is 0 Å². The predicted octanol–water partition coefficient (Wildman–Crippen LogP) is 2.19. The number of methoxy groups -OCH3 is 1. The molecule has 0 radical (unpaired) electrons. The largest absolute Gasteiger partial charge is 0.478 e. The Labute approximate surface area is 89.0 Å². The lowest BCUT2D eigenvalue weighted by molar-refractivity contribution is -0.133. The number of allylic oxidation sites excluding steroid dienone is 1. The highest BCUT2D eigenvalue weighted by Gasteiger charge is 2.11. The second-order valence-corrected chi connectivity index (χ2v) is 3.21. The zero-order chi connectivity index (χ0) is 11.3. The minimum atomic E-state index is -0.932. The van der Waals surface area contributed by atoms with Crippen LogP contribution in [0.5, 0.6) is 0 Å². The molecule has 0 aliphatic carbocycles. The number of rotatable bonds is 4. The Morgan fingerprint density at radius 3 is 2.40 bits per heavy atom. The van der Waals surface area contributed by atoms with E-state index in [4.69, 9.17) is 9.84 Å². The summed E-state index contributed by atoms with van der Waals surface area (Å²) >= 11 is 0. The number of ether oxygens (including phenoxy) is 1. The number of carbonyl (C=O) groups is 1. The van der Waals surface area contributed by atoms with Crippen molar-refractivity contribution in [3.63, 3.8) is 0 Å². The average Bonchev–Trinajstić information content (AvgIpc) is 2.26. The summed E-state index contributed by atoms with van der Waals surface area (Å²) < 4.78 is 4.87. The lowest BCUT2D eigenvalue weighted by atomic mass is 10.0. The van der Waals surface area contributed by atoms with Gasteiger partial charge < -0.3 is 9.84 Å². The molecule has 1 aromatic carbocycles. The Kier molecular flexibility index (Phi) is 4.06. The number of aliphatic carboxylic acids is 1. The molecule has 0 amide bonds. The number of hydrogen-bond donors (Lipinski definition) is 1. The highest BCUT2D eigenvalue weighted by atomic mass is 16.5. The molecule has 0 aliphatic heterocycles. The van der Waals surface area contributed by atoms with Crippen LogP contribution in [-0.4, -0.2) is 24.8 Å². The van der Waals surface area contributed by atoms with Gasteiger partial charge in [-0.15, -0.1) is 0 Å². The van der Waals surface area contributed by atoms with E-state index in [1.165, 1.54) is 7.11 Å². The standard InChI is InChI=1S/C12H14O3/c1-9(10-6-4-3-5-7-10)11(8-15-2)12(13)14/h3-7H,8H2,1-2H3,(H,13,14). The number of hydrogen-bond acceptors (Lipinski definition) is 2. The first-order valence-corrected chi connectivity index (χ1v) is 4.64. The maximum atomic E-state index is 11.0. The summed E-state index contributed by atoms with van der Waals surface area (Å²) in [4.78, 5) is 11.0. The van der Waals surface area contributed by atoms with Crippen LogP contribution in [-0.2, 0) is 9.53 Å². The van der Waals surface area contributed by atoms with Crippen LogP contribution < -0.4 is 0 Å². The van der Waals surface area contributed by atoms with Crippen LogP contribution in [0.2, 0.25) is 0 Å². The number of carboxylic acids is 1. The molecule has 0 fully saturated rings. The zero-order valence-corrected chi connectivity index (χ0v) is 8.86. The first-order valence-electron chi connectivity index (χ1n) is 4.64. The fourth-order valence-electron chi connectivity index (χ4n) is 1.34. The van der Waals surface area contributed by atoms with Gasteiger partial charge in [0.2, 0.25) is 0 Å². The molecular formula is C12H14O3. The third kappa shape index (κ3) is 2.92. The Morgan fingerprint density at radius 1 is 1.33 bits per heavy atom. The van der Waals surface area contributed by atoms with E-state index >= 15 is 0 Å². The van der Waals surface area contributed by atoms with E-state index in [0.29, 0.717) is 5.57 Å². The first-order chi connectivity index (χ1) is 7.16. The van der Waals surface area contributed by atoms with Crippen molar-refractivity contribution in [2.75, 3.05) is 13.7 Å². The van der Waals surface area contributed by atoms with Crippen molar-refractivity contribution in [2.24, 2.45) is 0 Å². The van der Waals surface area contributed by atoms with E-state index in [1.807, 2.05) is 30.3 Å². The number of benzene rings is 1. The van der Waals surface area contributed by atoms with Crippen LogP contribution >= 0.6 is 0 Å². The second-order valence-electron chi connectivity index (χ2n) is 3.21. The summed E-state index contributed by atoms with van der Waals surface area (Å²) in [5.74, 6) is -0.932. The van der Waals surface area contributed by atoms with Crippen molar-refractivity contribution in [1.82, 2.24) is 0 Å². The van der Waals surface area contributed by atoms with Gasteiger partial charge in [-0.2, -0.15) is 0 Å². The summed E-state index contributed by atoms with van der Waals surface area (Å²) in [6.07, 6.45) is 0. The Bertz CT molecular complexity index is 366. The monoisotopic (exact) mass is 206 g/mol. The molecule has 0 aliphatic rings. The average molecular weight is 206 g/mol. The maximum absolute atomic E-state index is 11.0. The molecule has 0 spiro atoms. The van der Waals surface area contributed by atoms with Gasteiger partial charge in [-0.05, 0) is 18.1 Å². The summed E-state index contributed by atoms with van der Waals surface area (Å²) in [5, 5.41) is 9.00. The molecule has 0 unspecified atom stereocenters. The summed E-state index contributed by atoms with van der Waals surface area (Å²) in [7, 11) is 1.49. The summed E-state index contributed by atoms with van der Waals surface area (Å²) in [6.45, 7) is 1.91. The van der Waals surface area contributed by atoms with Gasteiger partial charge in [-0.25, -0.2) is 4.79 Å². The summed E-state index contributed by atoms with van der Waals surface area (Å²) in [5.41, 5.74) is 1.95. The highest BCUT2D eigenvalue weighted by Crippen LogP contribution is 2.18. The van der Waals surface area contributed by atoms with Crippen LogP contribution in [0.25, 0.3) is 5.57 Å². The molecule has 0 saturated carbocycles. The molecule has 0 bridgehead atoms. The van der Waals surface area contributed by atoms with E-state index in [0.717, 1.165) is 11.1 Å². The van der Waals surface area contributed by atoms with Crippen LogP contribution in [0, 0.1) is 0 Å². The van der Waals surface area contributed by atoms with Gasteiger partial charge >= 0.3 is 5.97 Å². The highest BCUT2D eigenvalue weighted by molar-refractivity contribution is 5.96. The molecule has 0 heterocycles. The minimum absolute atomic E-state index is 0.121. The van der Waals surface area contributed by atoms with Crippen molar-refractivity contribution >= 4 is 11.5 Å². The lowest BCUT2D eigenvalue weighted by Gasteiger charge is -2.07. The third-order valence-corrected chi connectivity index (χ3v) is 2.21. The minimum Gasteiger partial charge on any atom is -0.478 e. The molecule has 1 N–H and O–H groups in total. The van der Waals surface area contributed by atoms with Gasteiger partial charge in [-0.1, -0.05) is 30.3 Å². The molecule has 0 atom stereocenters. The Hall–Kier alpha value is -1.61. The van der Waals surface area contributed by atoms with E-state index in [-0.39, 0.29) is 6.61 Å². The lowest BCUT2D eigenvalue weighted by Crippen LogP contribution is -2.08. The molecule has 15 heavy (non-hydrogen) atoms. The van der Waals surface area contributed by atoms with Crippen LogP contribution in [0.1, 0.15) is 12.5 Å². The Balaban J connectivity index is 3.10. The fourth-order valence-corrected chi connectivity index (χ4v) is 1.34. The molecule has 1 rings (SSSR count). The molecular weight excluding hydrogens is 192 g/mol. The first kappa shape index (κ1) is 11.5.